The molecular formula is C84H58BN5O. The normalized spacial score (nSPS) is 12.8. The summed E-state index contributed by atoms with van der Waals surface area (Å²) in [5.41, 5.74) is 28.8. The lowest BCUT2D eigenvalue weighted by atomic mass is 9.34. The summed E-state index contributed by atoms with van der Waals surface area (Å²) >= 11 is 0. The molecule has 0 saturated heterocycles. The van der Waals surface area contributed by atoms with Gasteiger partial charge in [0.05, 0.1) is 49.7 Å². The van der Waals surface area contributed by atoms with Gasteiger partial charge in [0.2, 0.25) is 0 Å². The van der Waals surface area contributed by atoms with E-state index in [0.717, 1.165) is 56.3 Å². The van der Waals surface area contributed by atoms with Crippen LogP contribution in [0.15, 0.2) is 255 Å². The fraction of sp³-hybridized carbons (Fsp3) is 0.0714. The number of benzene rings is 13. The second-order valence-electron chi connectivity index (χ2n) is 26.0. The molecule has 428 valence electrons. The number of para-hydroxylation sites is 6. The molecule has 0 bridgehead atoms. The van der Waals surface area contributed by atoms with E-state index in [-0.39, 0.29) is 12.6 Å². The quantitative estimate of drug-likeness (QED) is 0.153. The molecule has 2 aliphatic heterocycles. The second kappa shape index (κ2) is 18.4. The highest BCUT2D eigenvalue weighted by Gasteiger charge is 2.42. The second-order valence-corrected chi connectivity index (χ2v) is 26.0. The zero-order valence-electron chi connectivity index (χ0n) is 51.0. The number of aromatic nitrogens is 5. The van der Waals surface area contributed by atoms with Gasteiger partial charge in [-0.05, 0) is 192 Å². The number of fused-ring (bicyclic) bond motifs is 19. The van der Waals surface area contributed by atoms with E-state index in [9.17, 15) is 0 Å². The van der Waals surface area contributed by atoms with Crippen molar-refractivity contribution < 1.29 is 4.74 Å². The smallest absolute Gasteiger partial charge is 0.256 e. The molecule has 2 aliphatic rings. The minimum absolute atomic E-state index is 0.143. The van der Waals surface area contributed by atoms with Gasteiger partial charge in [0.15, 0.2) is 0 Å². The van der Waals surface area contributed by atoms with Gasteiger partial charge >= 0.3 is 0 Å². The van der Waals surface area contributed by atoms with Gasteiger partial charge in [0.1, 0.15) is 11.5 Å². The van der Waals surface area contributed by atoms with E-state index in [4.69, 9.17) is 4.74 Å². The Morgan fingerprint density at radius 3 is 1.18 bits per heavy atom. The number of nitrogens with zero attached hydrogens (tertiary/aromatic N) is 5. The van der Waals surface area contributed by atoms with E-state index in [0.29, 0.717) is 0 Å². The Hall–Kier alpha value is -11.3. The highest BCUT2D eigenvalue weighted by atomic mass is 16.5. The molecule has 7 heterocycles. The molecule has 0 N–H and O–H groups in total. The molecule has 0 aliphatic carbocycles. The van der Waals surface area contributed by atoms with Crippen LogP contribution < -0.4 is 21.1 Å². The zero-order chi connectivity index (χ0) is 60.2. The van der Waals surface area contributed by atoms with E-state index < -0.39 is 0 Å². The lowest BCUT2D eigenvalue weighted by Crippen LogP contribution is -2.58. The van der Waals surface area contributed by atoms with Crippen molar-refractivity contribution in [2.75, 3.05) is 0 Å². The first kappa shape index (κ1) is 50.7. The van der Waals surface area contributed by atoms with Crippen LogP contribution >= 0.6 is 0 Å². The van der Waals surface area contributed by atoms with Crippen LogP contribution in [0.2, 0.25) is 0 Å². The van der Waals surface area contributed by atoms with Crippen LogP contribution in [-0.2, 0) is 0 Å². The van der Waals surface area contributed by atoms with Gasteiger partial charge in [-0.25, -0.2) is 0 Å². The molecule has 6 nitrogen and oxygen atoms in total. The van der Waals surface area contributed by atoms with Gasteiger partial charge in [-0.15, -0.1) is 0 Å². The molecule has 20 rings (SSSR count). The fourth-order valence-electron chi connectivity index (χ4n) is 16.8. The number of aryl methyl sites for hydroxylation is 3. The molecule has 0 spiro atoms. The summed E-state index contributed by atoms with van der Waals surface area (Å²) in [5, 5.41) is 12.3. The standard InChI is InChI=1S/C84H58BN5O/c1-48(2)53-41-79-83-81(42-53)91-80-37-30-52(82-50(4)38-49(3)39-51(82)5)40-68(80)85(83)69-47-57(89-75-29-17-11-23-63(75)65-44-55(32-35-77(65)89)87-72-26-14-8-20-60(72)61-21-9-15-27-73(61)87)46-67-66-45-56(33-36-78(66)90(79)84(67)69)88-74-28-16-10-22-62(74)64-43-54(31-34-76(64)88)86-70-24-12-6-18-58(70)59-19-7-13-25-71(59)86/h6-48H,1-5H3. The lowest BCUT2D eigenvalue weighted by molar-refractivity contribution is 0.486. The summed E-state index contributed by atoms with van der Waals surface area (Å²) < 4.78 is 19.8. The van der Waals surface area contributed by atoms with Crippen molar-refractivity contribution in [1.82, 2.24) is 22.8 Å². The molecule has 0 radical (unpaired) electrons. The first-order chi connectivity index (χ1) is 44.7. The van der Waals surface area contributed by atoms with Gasteiger partial charge in [-0.2, -0.15) is 0 Å². The fourth-order valence-corrected chi connectivity index (χ4v) is 16.8. The van der Waals surface area contributed by atoms with Crippen LogP contribution in [0.5, 0.6) is 11.5 Å². The molecule has 0 amide bonds. The summed E-state index contributed by atoms with van der Waals surface area (Å²) in [6.07, 6.45) is 0. The van der Waals surface area contributed by atoms with Crippen molar-refractivity contribution in [3.8, 4) is 51.1 Å². The Kier molecular flexibility index (Phi) is 10.3. The van der Waals surface area contributed by atoms with Crippen molar-refractivity contribution >= 4 is 132 Å². The molecule has 0 saturated carbocycles. The van der Waals surface area contributed by atoms with E-state index in [1.165, 1.54) is 142 Å². The van der Waals surface area contributed by atoms with Gasteiger partial charge in [-0.3, -0.25) is 0 Å². The maximum atomic E-state index is 7.30. The minimum atomic E-state index is -0.143. The molecule has 13 aromatic carbocycles. The third kappa shape index (κ3) is 6.92. The van der Waals surface area contributed by atoms with Crippen LogP contribution in [0, 0.1) is 20.8 Å². The first-order valence-corrected chi connectivity index (χ1v) is 32.0. The Balaban J connectivity index is 0.870. The minimum Gasteiger partial charge on any atom is -0.458 e. The third-order valence-electron chi connectivity index (χ3n) is 20.5. The highest BCUT2D eigenvalue weighted by Crippen LogP contribution is 2.45. The molecule has 0 unspecified atom stereocenters. The van der Waals surface area contributed by atoms with Crippen LogP contribution in [0.3, 0.4) is 0 Å². The van der Waals surface area contributed by atoms with E-state index in [1.807, 2.05) is 0 Å². The van der Waals surface area contributed by atoms with Crippen LogP contribution in [0.1, 0.15) is 42.0 Å². The predicted molar refractivity (Wildman–Crippen MR) is 383 cm³/mol. The first-order valence-electron chi connectivity index (χ1n) is 32.0. The van der Waals surface area contributed by atoms with Gasteiger partial charge in [0.25, 0.3) is 6.71 Å². The number of rotatable bonds is 6. The van der Waals surface area contributed by atoms with Crippen LogP contribution in [-0.4, -0.2) is 29.5 Å². The SMILES string of the molecule is Cc1cc(C)c(-c2ccc3c(c2)B2c4c(cc(C(C)C)cc4-n4c5ccc(-n6c7ccccc7c7cc(-n8c9ccccc9c9ccccc98)ccc76)cc5c5cc(-n6c7ccccc7c7cc(-n8c9ccccc9c9ccccc98)ccc76)cc2c54)O3)c(C)c1. The average Bonchev–Trinajstić information content (AvgIpc) is 1.63. The molecule has 0 fully saturated rings. The molecule has 7 heteroatoms. The van der Waals surface area contributed by atoms with Crippen LogP contribution in [0.4, 0.5) is 0 Å². The number of ether oxygens (including phenoxy) is 1. The molecule has 18 aromatic rings. The Morgan fingerprint density at radius 1 is 0.319 bits per heavy atom. The van der Waals surface area contributed by atoms with E-state index >= 15 is 0 Å². The Bertz CT molecular complexity index is 6150. The van der Waals surface area contributed by atoms with Gasteiger partial charge in [-0.1, -0.05) is 153 Å². The molecule has 0 atom stereocenters. The lowest BCUT2D eigenvalue weighted by Gasteiger charge is -2.34. The summed E-state index contributed by atoms with van der Waals surface area (Å²) in [4.78, 5) is 0. The Labute approximate surface area is 525 Å². The topological polar surface area (TPSA) is 33.9 Å². The van der Waals surface area contributed by atoms with E-state index in [2.05, 4.69) is 312 Å². The summed E-state index contributed by atoms with van der Waals surface area (Å²) in [6, 6.07) is 96.0. The van der Waals surface area contributed by atoms with E-state index in [1.54, 1.807) is 0 Å². The summed E-state index contributed by atoms with van der Waals surface area (Å²) in [7, 11) is 0. The monoisotopic (exact) mass is 1160 g/mol. The largest absolute Gasteiger partial charge is 0.458 e. The predicted octanol–water partition coefficient (Wildman–Crippen LogP) is 19.8. The number of hydrogen-bond acceptors (Lipinski definition) is 1. The molecular weight excluding hydrogens is 1110 g/mol. The molecule has 5 aromatic heterocycles. The summed E-state index contributed by atoms with van der Waals surface area (Å²) in [6.45, 7) is 11.2. The number of hydrogen-bond donors (Lipinski definition) is 0. The van der Waals surface area contributed by atoms with Gasteiger partial charge < -0.3 is 27.6 Å². The van der Waals surface area contributed by atoms with Crippen molar-refractivity contribution in [2.45, 2.75) is 40.5 Å². The maximum Gasteiger partial charge on any atom is 0.256 e. The summed E-state index contributed by atoms with van der Waals surface area (Å²) in [5.74, 6) is 2.10. The average molecular weight is 1160 g/mol. The van der Waals surface area contributed by atoms with Crippen molar-refractivity contribution in [2.24, 2.45) is 0 Å². The van der Waals surface area contributed by atoms with Crippen LogP contribution in [0.25, 0.3) is 149 Å². The van der Waals surface area contributed by atoms with Crippen molar-refractivity contribution in [3.63, 3.8) is 0 Å². The highest BCUT2D eigenvalue weighted by molar-refractivity contribution is 6.99. The van der Waals surface area contributed by atoms with Gasteiger partial charge in [0, 0.05) is 87.8 Å². The maximum absolute atomic E-state index is 7.30. The van der Waals surface area contributed by atoms with Crippen molar-refractivity contribution in [3.05, 3.63) is 277 Å². The Morgan fingerprint density at radius 2 is 0.714 bits per heavy atom. The molecule has 91 heavy (non-hydrogen) atoms. The third-order valence-corrected chi connectivity index (χ3v) is 20.5. The van der Waals surface area contributed by atoms with Crippen molar-refractivity contribution in [1.29, 1.82) is 0 Å². The zero-order valence-corrected chi connectivity index (χ0v) is 51.0.